The number of carbonyl (C=O) groups excluding carboxylic acids is 1. The highest BCUT2D eigenvalue weighted by Gasteiger charge is 2.31. The fourth-order valence-electron chi connectivity index (χ4n) is 2.68. The molecule has 0 spiro atoms. The lowest BCUT2D eigenvalue weighted by atomic mass is 9.95. The zero-order chi connectivity index (χ0) is 12.5. The van der Waals surface area contributed by atoms with Gasteiger partial charge in [-0.15, -0.1) is 12.4 Å². The molecule has 2 unspecified atom stereocenters. The molecule has 3 rings (SSSR count). The third-order valence-electron chi connectivity index (χ3n) is 4.10. The predicted octanol–water partition coefficient (Wildman–Crippen LogP) is 2.04. The molecule has 1 heterocycles. The van der Waals surface area contributed by atoms with Crippen LogP contribution in [0.5, 0.6) is 0 Å². The molecule has 1 aliphatic heterocycles. The van der Waals surface area contributed by atoms with Crippen LogP contribution < -0.4 is 10.6 Å². The lowest BCUT2D eigenvalue weighted by Crippen LogP contribution is -2.50. The molecule has 0 bridgehead atoms. The van der Waals surface area contributed by atoms with E-state index < -0.39 is 0 Å². The van der Waals surface area contributed by atoms with Crippen LogP contribution in [0.3, 0.4) is 0 Å². The first-order valence-corrected chi connectivity index (χ1v) is 6.84. The molecule has 1 aliphatic carbocycles. The average Bonchev–Trinajstić information content (AvgIpc) is 3.22. The van der Waals surface area contributed by atoms with Gasteiger partial charge in [-0.05, 0) is 43.2 Å². The van der Waals surface area contributed by atoms with Gasteiger partial charge < -0.3 is 10.6 Å². The van der Waals surface area contributed by atoms with Crippen molar-refractivity contribution in [1.29, 1.82) is 0 Å². The number of rotatable bonds is 3. The van der Waals surface area contributed by atoms with Gasteiger partial charge in [-0.1, -0.05) is 24.3 Å². The van der Waals surface area contributed by atoms with E-state index in [0.717, 1.165) is 13.0 Å². The lowest BCUT2D eigenvalue weighted by Gasteiger charge is -2.26. The zero-order valence-corrected chi connectivity index (χ0v) is 12.0. The Labute approximate surface area is 120 Å². The normalized spacial score (nSPS) is 22.9. The number of nitrogens with one attached hydrogen (secondary N) is 2. The van der Waals surface area contributed by atoms with Gasteiger partial charge in [-0.3, -0.25) is 4.79 Å². The number of hydrogen-bond donors (Lipinski definition) is 2. The van der Waals surface area contributed by atoms with Crippen LogP contribution in [0.1, 0.15) is 30.9 Å². The fraction of sp³-hybridized carbons (Fsp3) is 0.533. The van der Waals surface area contributed by atoms with Crippen molar-refractivity contribution in [3.63, 3.8) is 0 Å². The Morgan fingerprint density at radius 1 is 1.32 bits per heavy atom. The third-order valence-corrected chi connectivity index (χ3v) is 4.10. The van der Waals surface area contributed by atoms with E-state index in [4.69, 9.17) is 0 Å². The Morgan fingerprint density at radius 2 is 2.00 bits per heavy atom. The van der Waals surface area contributed by atoms with Crippen molar-refractivity contribution in [1.82, 2.24) is 10.6 Å². The minimum Gasteiger partial charge on any atom is -0.352 e. The molecule has 4 heteroatoms. The fourth-order valence-corrected chi connectivity index (χ4v) is 2.68. The first kappa shape index (κ1) is 14.4. The molecular weight excluding hydrogens is 260 g/mol. The first-order chi connectivity index (χ1) is 8.74. The smallest absolute Gasteiger partial charge is 0.237 e. The van der Waals surface area contributed by atoms with E-state index in [1.807, 2.05) is 6.07 Å². The topological polar surface area (TPSA) is 41.1 Å². The second-order valence-corrected chi connectivity index (χ2v) is 5.54. The van der Waals surface area contributed by atoms with Crippen molar-refractivity contribution < 1.29 is 4.79 Å². The van der Waals surface area contributed by atoms with E-state index in [2.05, 4.69) is 35.8 Å². The Bertz CT molecular complexity index is 459. The molecule has 0 radical (unpaired) electrons. The number of halogens is 1. The summed E-state index contributed by atoms with van der Waals surface area (Å²) in [6.45, 7) is 2.92. The highest BCUT2D eigenvalue weighted by atomic mass is 35.5. The summed E-state index contributed by atoms with van der Waals surface area (Å²) in [4.78, 5) is 12.2. The molecule has 1 fully saturated rings. The molecule has 104 valence electrons. The summed E-state index contributed by atoms with van der Waals surface area (Å²) < 4.78 is 0. The quantitative estimate of drug-likeness (QED) is 0.890. The number of fused-ring (bicyclic) bond motifs is 1. The van der Waals surface area contributed by atoms with Crippen LogP contribution in [0.4, 0.5) is 0 Å². The van der Waals surface area contributed by atoms with Gasteiger partial charge in [-0.2, -0.15) is 0 Å². The van der Waals surface area contributed by atoms with Gasteiger partial charge in [0, 0.05) is 12.6 Å². The monoisotopic (exact) mass is 280 g/mol. The molecule has 0 saturated heterocycles. The molecular formula is C15H21ClN2O. The van der Waals surface area contributed by atoms with Crippen LogP contribution in [-0.2, 0) is 17.8 Å². The van der Waals surface area contributed by atoms with E-state index >= 15 is 0 Å². The second-order valence-electron chi connectivity index (χ2n) is 5.54. The highest BCUT2D eigenvalue weighted by molar-refractivity contribution is 5.85. The molecule has 2 N–H and O–H groups in total. The molecule has 19 heavy (non-hydrogen) atoms. The standard InChI is InChI=1S/C15H20N2O.ClH/c1-10(11-6-7-11)17-15(18)14-8-12-4-2-3-5-13(12)9-16-14;/h2-5,10-11,14,16H,6-9H2,1H3,(H,17,18);1H. The molecule has 2 atom stereocenters. The van der Waals surface area contributed by atoms with E-state index in [-0.39, 0.29) is 24.4 Å². The number of carbonyl (C=O) groups is 1. The van der Waals surface area contributed by atoms with Crippen molar-refractivity contribution in [2.24, 2.45) is 5.92 Å². The minimum absolute atomic E-state index is 0. The summed E-state index contributed by atoms with van der Waals surface area (Å²) in [5, 5.41) is 6.47. The van der Waals surface area contributed by atoms with E-state index in [9.17, 15) is 4.79 Å². The van der Waals surface area contributed by atoms with Crippen LogP contribution in [0.25, 0.3) is 0 Å². The van der Waals surface area contributed by atoms with Crippen molar-refractivity contribution in [3.8, 4) is 0 Å². The summed E-state index contributed by atoms with van der Waals surface area (Å²) in [5.41, 5.74) is 2.62. The van der Waals surface area contributed by atoms with Crippen LogP contribution in [0.15, 0.2) is 24.3 Å². The Morgan fingerprint density at radius 3 is 2.68 bits per heavy atom. The molecule has 2 aliphatic rings. The molecule has 1 aromatic carbocycles. The molecule has 3 nitrogen and oxygen atoms in total. The van der Waals surface area contributed by atoms with Crippen LogP contribution in [0, 0.1) is 5.92 Å². The highest BCUT2D eigenvalue weighted by Crippen LogP contribution is 2.32. The number of benzene rings is 1. The van der Waals surface area contributed by atoms with E-state index in [1.165, 1.54) is 24.0 Å². The van der Waals surface area contributed by atoms with Crippen molar-refractivity contribution in [2.75, 3.05) is 0 Å². The van der Waals surface area contributed by atoms with Gasteiger partial charge in [-0.25, -0.2) is 0 Å². The largest absolute Gasteiger partial charge is 0.352 e. The molecule has 1 aromatic rings. The summed E-state index contributed by atoms with van der Waals surface area (Å²) in [7, 11) is 0. The van der Waals surface area contributed by atoms with Gasteiger partial charge in [0.05, 0.1) is 6.04 Å². The van der Waals surface area contributed by atoms with Gasteiger partial charge in [0.2, 0.25) is 5.91 Å². The second kappa shape index (κ2) is 5.93. The maximum Gasteiger partial charge on any atom is 0.237 e. The van der Waals surface area contributed by atoms with Gasteiger partial charge in [0.25, 0.3) is 0 Å². The number of hydrogen-bond acceptors (Lipinski definition) is 2. The SMILES string of the molecule is CC(NC(=O)C1Cc2ccccc2CN1)C1CC1.Cl. The van der Waals surface area contributed by atoms with Crippen LogP contribution in [-0.4, -0.2) is 18.0 Å². The third kappa shape index (κ3) is 3.28. The predicted molar refractivity (Wildman–Crippen MR) is 78.4 cm³/mol. The Hall–Kier alpha value is -1.06. The molecule has 0 aromatic heterocycles. The molecule has 1 amide bonds. The summed E-state index contributed by atoms with van der Waals surface area (Å²) in [5.74, 6) is 0.869. The summed E-state index contributed by atoms with van der Waals surface area (Å²) in [6, 6.07) is 8.61. The lowest BCUT2D eigenvalue weighted by molar-refractivity contribution is -0.124. The van der Waals surface area contributed by atoms with E-state index in [1.54, 1.807) is 0 Å². The Balaban J connectivity index is 0.00000133. The van der Waals surface area contributed by atoms with E-state index in [0.29, 0.717) is 12.0 Å². The number of amides is 1. The maximum atomic E-state index is 12.2. The van der Waals surface area contributed by atoms with Crippen LogP contribution >= 0.6 is 12.4 Å². The van der Waals surface area contributed by atoms with Crippen molar-refractivity contribution in [2.45, 2.75) is 44.8 Å². The zero-order valence-electron chi connectivity index (χ0n) is 11.2. The van der Waals surface area contributed by atoms with Crippen LogP contribution in [0.2, 0.25) is 0 Å². The van der Waals surface area contributed by atoms with Gasteiger partial charge >= 0.3 is 0 Å². The summed E-state index contributed by atoms with van der Waals surface area (Å²) >= 11 is 0. The van der Waals surface area contributed by atoms with Crippen molar-refractivity contribution in [3.05, 3.63) is 35.4 Å². The van der Waals surface area contributed by atoms with Gasteiger partial charge in [0.1, 0.15) is 0 Å². The minimum atomic E-state index is -0.0684. The summed E-state index contributed by atoms with van der Waals surface area (Å²) in [6.07, 6.45) is 3.34. The molecule has 1 saturated carbocycles. The van der Waals surface area contributed by atoms with Crippen molar-refractivity contribution >= 4 is 18.3 Å². The average molecular weight is 281 g/mol. The maximum absolute atomic E-state index is 12.2. The van der Waals surface area contributed by atoms with Gasteiger partial charge in [0.15, 0.2) is 0 Å². The first-order valence-electron chi connectivity index (χ1n) is 6.84. The Kier molecular flexibility index (Phi) is 4.48.